The molecule has 2 aliphatic rings. The van der Waals surface area contributed by atoms with Crippen LogP contribution in [0.25, 0.3) is 0 Å². The predicted octanol–water partition coefficient (Wildman–Crippen LogP) is 6.38. The van der Waals surface area contributed by atoms with Crippen molar-refractivity contribution in [1.29, 1.82) is 0 Å². The quantitative estimate of drug-likeness (QED) is 0.370. The normalized spacial score (nSPS) is 21.5. The zero-order valence-corrected chi connectivity index (χ0v) is 21.3. The van der Waals surface area contributed by atoms with E-state index in [1.54, 1.807) is 30.3 Å². The lowest BCUT2D eigenvalue weighted by Crippen LogP contribution is -2.17. The lowest BCUT2D eigenvalue weighted by atomic mass is 9.77. The van der Waals surface area contributed by atoms with Gasteiger partial charge >= 0.3 is 11.9 Å². The lowest BCUT2D eigenvalue weighted by Gasteiger charge is -2.28. The Hall–Kier alpha value is -3.28. The summed E-state index contributed by atoms with van der Waals surface area (Å²) in [5, 5.41) is 18.5. The number of phenols is 2. The standard InChI is InChI=1S/C15H20O3.C15H18O3/c2*1-18-15(17)10-11-2-4-12(5-3-11)13-6-8-14(16)9-7-13/h6-9,11-12,16H,2-5,10H2,1H3;6-10,12,16H,2-5H2,1H3. The Morgan fingerprint density at radius 2 is 1.22 bits per heavy atom. The van der Waals surface area contributed by atoms with E-state index in [2.05, 4.69) is 4.74 Å². The topological polar surface area (TPSA) is 93.1 Å². The van der Waals surface area contributed by atoms with Gasteiger partial charge in [-0.25, -0.2) is 4.79 Å². The van der Waals surface area contributed by atoms with Gasteiger partial charge < -0.3 is 19.7 Å². The molecule has 2 aromatic carbocycles. The van der Waals surface area contributed by atoms with Crippen LogP contribution in [0.5, 0.6) is 11.5 Å². The van der Waals surface area contributed by atoms with E-state index in [9.17, 15) is 19.8 Å². The Bertz CT molecular complexity index is 991. The second-order valence-electron chi connectivity index (χ2n) is 9.78. The number of benzene rings is 2. The first-order chi connectivity index (χ1) is 17.4. The van der Waals surface area contributed by atoms with Gasteiger partial charge in [0.15, 0.2) is 0 Å². The van der Waals surface area contributed by atoms with Crippen LogP contribution in [0.2, 0.25) is 0 Å². The van der Waals surface area contributed by atoms with Gasteiger partial charge in [-0.3, -0.25) is 4.79 Å². The molecule has 0 bridgehead atoms. The van der Waals surface area contributed by atoms with E-state index < -0.39 is 0 Å². The van der Waals surface area contributed by atoms with E-state index in [4.69, 9.17) is 4.74 Å². The van der Waals surface area contributed by atoms with E-state index in [1.807, 2.05) is 24.3 Å². The monoisotopic (exact) mass is 494 g/mol. The highest BCUT2D eigenvalue weighted by molar-refractivity contribution is 5.82. The zero-order valence-electron chi connectivity index (χ0n) is 21.3. The Labute approximate surface area is 214 Å². The van der Waals surface area contributed by atoms with E-state index in [-0.39, 0.29) is 11.9 Å². The summed E-state index contributed by atoms with van der Waals surface area (Å²) in [4.78, 5) is 22.4. The summed E-state index contributed by atoms with van der Waals surface area (Å²) in [5.41, 5.74) is 3.74. The number of hydrogen-bond acceptors (Lipinski definition) is 6. The lowest BCUT2D eigenvalue weighted by molar-refractivity contribution is -0.142. The molecule has 0 radical (unpaired) electrons. The van der Waals surface area contributed by atoms with Gasteiger partial charge in [0.05, 0.1) is 14.2 Å². The van der Waals surface area contributed by atoms with Gasteiger partial charge in [0.2, 0.25) is 0 Å². The van der Waals surface area contributed by atoms with Crippen LogP contribution < -0.4 is 0 Å². The maximum absolute atomic E-state index is 11.2. The molecule has 36 heavy (non-hydrogen) atoms. The average Bonchev–Trinajstić information content (AvgIpc) is 2.91. The van der Waals surface area contributed by atoms with Gasteiger partial charge in [0.1, 0.15) is 11.5 Å². The Morgan fingerprint density at radius 1 is 0.750 bits per heavy atom. The van der Waals surface area contributed by atoms with Gasteiger partial charge in [-0.1, -0.05) is 29.8 Å². The molecule has 2 N–H and O–H groups in total. The molecule has 6 heteroatoms. The molecule has 0 saturated heterocycles. The molecule has 0 amide bonds. The summed E-state index contributed by atoms with van der Waals surface area (Å²) < 4.78 is 9.35. The Balaban J connectivity index is 0.000000201. The molecule has 2 fully saturated rings. The maximum atomic E-state index is 11.2. The minimum atomic E-state index is -0.256. The zero-order chi connectivity index (χ0) is 25.9. The molecule has 2 saturated carbocycles. The summed E-state index contributed by atoms with van der Waals surface area (Å²) in [6.45, 7) is 0. The molecule has 6 nitrogen and oxygen atoms in total. The summed E-state index contributed by atoms with van der Waals surface area (Å²) in [6, 6.07) is 14.9. The van der Waals surface area contributed by atoms with Crippen molar-refractivity contribution in [3.05, 3.63) is 71.3 Å². The van der Waals surface area contributed by atoms with Crippen molar-refractivity contribution in [3.63, 3.8) is 0 Å². The van der Waals surface area contributed by atoms with E-state index in [1.165, 1.54) is 30.9 Å². The molecule has 0 atom stereocenters. The Morgan fingerprint density at radius 3 is 1.67 bits per heavy atom. The molecule has 0 aromatic heterocycles. The third kappa shape index (κ3) is 8.43. The van der Waals surface area contributed by atoms with E-state index in [0.29, 0.717) is 35.7 Å². The predicted molar refractivity (Wildman–Crippen MR) is 139 cm³/mol. The highest BCUT2D eigenvalue weighted by atomic mass is 16.5. The fourth-order valence-corrected chi connectivity index (χ4v) is 5.20. The molecule has 194 valence electrons. The summed E-state index contributed by atoms with van der Waals surface area (Å²) in [7, 11) is 2.85. The highest BCUT2D eigenvalue weighted by Crippen LogP contribution is 2.38. The molecule has 4 rings (SSSR count). The number of aromatic hydroxyl groups is 2. The highest BCUT2D eigenvalue weighted by Gasteiger charge is 2.24. The summed E-state index contributed by atoms with van der Waals surface area (Å²) in [5.74, 6) is 1.85. The minimum Gasteiger partial charge on any atom is -0.508 e. The van der Waals surface area contributed by atoms with Gasteiger partial charge in [-0.15, -0.1) is 0 Å². The van der Waals surface area contributed by atoms with Crippen molar-refractivity contribution in [2.75, 3.05) is 14.2 Å². The average molecular weight is 495 g/mol. The first kappa shape index (κ1) is 27.3. The number of methoxy groups -OCH3 is 2. The van der Waals surface area contributed by atoms with Crippen LogP contribution in [-0.4, -0.2) is 36.4 Å². The summed E-state index contributed by atoms with van der Waals surface area (Å²) in [6.07, 6.45) is 10.6. The molecule has 0 unspecified atom stereocenters. The Kier molecular flexibility index (Phi) is 10.4. The number of carbonyl (C=O) groups is 2. The number of hydrogen-bond donors (Lipinski definition) is 2. The molecule has 0 spiro atoms. The van der Waals surface area contributed by atoms with E-state index in [0.717, 1.165) is 51.4 Å². The molecular formula is C30H38O6. The maximum Gasteiger partial charge on any atom is 0.330 e. The molecule has 0 aliphatic heterocycles. The third-order valence-electron chi connectivity index (χ3n) is 7.41. The van der Waals surface area contributed by atoms with Crippen LogP contribution in [0.4, 0.5) is 0 Å². The first-order valence-electron chi connectivity index (χ1n) is 12.8. The number of allylic oxidation sites excluding steroid dienone is 1. The molecule has 0 heterocycles. The fourth-order valence-electron chi connectivity index (χ4n) is 5.20. The van der Waals surface area contributed by atoms with Gasteiger partial charge in [0, 0.05) is 12.5 Å². The summed E-state index contributed by atoms with van der Waals surface area (Å²) >= 11 is 0. The number of rotatable bonds is 5. The van der Waals surface area contributed by atoms with Crippen molar-refractivity contribution in [2.45, 2.75) is 69.6 Å². The van der Waals surface area contributed by atoms with Crippen molar-refractivity contribution in [1.82, 2.24) is 0 Å². The smallest absolute Gasteiger partial charge is 0.330 e. The minimum absolute atomic E-state index is 0.0944. The molecule has 2 aromatic rings. The van der Waals surface area contributed by atoms with Crippen LogP contribution in [0.3, 0.4) is 0 Å². The first-order valence-corrected chi connectivity index (χ1v) is 12.8. The van der Waals surface area contributed by atoms with Crippen LogP contribution >= 0.6 is 0 Å². The van der Waals surface area contributed by atoms with Crippen molar-refractivity contribution in [3.8, 4) is 11.5 Å². The van der Waals surface area contributed by atoms with Gasteiger partial charge in [-0.2, -0.15) is 0 Å². The van der Waals surface area contributed by atoms with Crippen molar-refractivity contribution >= 4 is 11.9 Å². The van der Waals surface area contributed by atoms with Crippen molar-refractivity contribution < 1.29 is 29.3 Å². The number of carbonyl (C=O) groups excluding carboxylic acids is 2. The second-order valence-corrected chi connectivity index (χ2v) is 9.78. The van der Waals surface area contributed by atoms with Crippen LogP contribution in [0, 0.1) is 5.92 Å². The fraction of sp³-hybridized carbons (Fsp3) is 0.467. The number of phenolic OH excluding ortho intramolecular Hbond substituents is 2. The third-order valence-corrected chi connectivity index (χ3v) is 7.41. The largest absolute Gasteiger partial charge is 0.508 e. The van der Waals surface area contributed by atoms with Crippen LogP contribution in [-0.2, 0) is 19.1 Å². The van der Waals surface area contributed by atoms with E-state index >= 15 is 0 Å². The second kappa shape index (κ2) is 13.7. The molecule has 2 aliphatic carbocycles. The van der Waals surface area contributed by atoms with Crippen LogP contribution in [0.1, 0.15) is 80.8 Å². The van der Waals surface area contributed by atoms with Gasteiger partial charge in [-0.05, 0) is 105 Å². The molecular weight excluding hydrogens is 456 g/mol. The van der Waals surface area contributed by atoms with Crippen LogP contribution in [0.15, 0.2) is 60.2 Å². The van der Waals surface area contributed by atoms with Gasteiger partial charge in [0.25, 0.3) is 0 Å². The van der Waals surface area contributed by atoms with Crippen molar-refractivity contribution in [2.24, 2.45) is 5.92 Å². The SMILES string of the molecule is COC(=O)C=C1CCC(c2ccc(O)cc2)CC1.COC(=O)CC1CCC(c2ccc(O)cc2)CC1. The number of esters is 2. The number of ether oxygens (including phenoxy) is 2.